The summed E-state index contributed by atoms with van der Waals surface area (Å²) in [5.41, 5.74) is 2.81. The topological polar surface area (TPSA) is 59.6 Å². The predicted octanol–water partition coefficient (Wildman–Crippen LogP) is 5.15. The molecule has 0 spiro atoms. The Hall–Kier alpha value is -3.47. The second-order valence-corrected chi connectivity index (χ2v) is 6.89. The van der Waals surface area contributed by atoms with Crippen LogP contribution in [0.1, 0.15) is 18.9 Å². The van der Waals surface area contributed by atoms with Crippen molar-refractivity contribution in [2.75, 3.05) is 30.4 Å². The van der Waals surface area contributed by atoms with Crippen LogP contribution in [0.4, 0.5) is 11.4 Å². The fourth-order valence-electron chi connectivity index (χ4n) is 2.87. The van der Waals surface area contributed by atoms with Gasteiger partial charge in [0.25, 0.3) is 0 Å². The molecule has 0 atom stereocenters. The highest BCUT2D eigenvalue weighted by atomic mass is 16.5. The minimum absolute atomic E-state index is 0.122. The molecular weight excluding hydrogens is 376 g/mol. The lowest BCUT2D eigenvalue weighted by atomic mass is 10.2. The summed E-state index contributed by atoms with van der Waals surface area (Å²) in [6.07, 6.45) is 1.81. The number of carbonyl (C=O) groups excluding carboxylic acids is 1. The normalized spacial score (nSPS) is 10.3. The van der Waals surface area contributed by atoms with E-state index in [1.54, 1.807) is 0 Å². The number of hydrogen-bond donors (Lipinski definition) is 2. The van der Waals surface area contributed by atoms with Crippen molar-refractivity contribution in [3.05, 3.63) is 84.4 Å². The zero-order chi connectivity index (χ0) is 21.0. The third-order valence-electron chi connectivity index (χ3n) is 4.40. The number of hydrogen-bond acceptors (Lipinski definition) is 4. The van der Waals surface area contributed by atoms with Gasteiger partial charge in [-0.05, 0) is 48.4 Å². The van der Waals surface area contributed by atoms with Crippen molar-refractivity contribution in [3.8, 4) is 11.5 Å². The Balaban J connectivity index is 1.43. The van der Waals surface area contributed by atoms with Gasteiger partial charge in [-0.15, -0.1) is 0 Å². The van der Waals surface area contributed by atoms with Crippen molar-refractivity contribution in [2.45, 2.75) is 19.8 Å². The van der Waals surface area contributed by atoms with Crippen LogP contribution in [0.5, 0.6) is 11.5 Å². The lowest BCUT2D eigenvalue weighted by Crippen LogP contribution is -2.21. The summed E-state index contributed by atoms with van der Waals surface area (Å²) in [5.74, 6) is 1.44. The predicted molar refractivity (Wildman–Crippen MR) is 121 cm³/mol. The zero-order valence-electron chi connectivity index (χ0n) is 17.3. The standard InChI is InChI=1S/C25H28N2O3/c1-2-16-29-23-13-11-21(12-14-23)26-19-25(28)27-22-9-6-10-24(18-22)30-17-15-20-7-4-3-5-8-20/h3-14,18,26H,2,15-17,19H2,1H3,(H,27,28). The maximum absolute atomic E-state index is 12.3. The Bertz CT molecular complexity index is 911. The minimum Gasteiger partial charge on any atom is -0.494 e. The third-order valence-corrected chi connectivity index (χ3v) is 4.40. The number of benzene rings is 3. The van der Waals surface area contributed by atoms with E-state index in [1.807, 2.05) is 66.7 Å². The summed E-state index contributed by atoms with van der Waals surface area (Å²) in [4.78, 5) is 12.3. The second-order valence-electron chi connectivity index (χ2n) is 6.89. The molecule has 3 aromatic rings. The van der Waals surface area contributed by atoms with Crippen molar-refractivity contribution in [1.29, 1.82) is 0 Å². The van der Waals surface area contributed by atoms with Crippen LogP contribution in [-0.4, -0.2) is 25.7 Å². The van der Waals surface area contributed by atoms with Crippen molar-refractivity contribution in [1.82, 2.24) is 0 Å². The van der Waals surface area contributed by atoms with Crippen LogP contribution in [-0.2, 0) is 11.2 Å². The van der Waals surface area contributed by atoms with Crippen LogP contribution < -0.4 is 20.1 Å². The Morgan fingerprint density at radius 1 is 0.800 bits per heavy atom. The molecule has 0 aliphatic rings. The largest absolute Gasteiger partial charge is 0.494 e. The van der Waals surface area contributed by atoms with Gasteiger partial charge < -0.3 is 20.1 Å². The molecule has 0 saturated heterocycles. The van der Waals surface area contributed by atoms with Crippen molar-refractivity contribution >= 4 is 17.3 Å². The van der Waals surface area contributed by atoms with E-state index in [9.17, 15) is 4.79 Å². The first-order valence-corrected chi connectivity index (χ1v) is 10.3. The fraction of sp³-hybridized carbons (Fsp3) is 0.240. The molecule has 2 N–H and O–H groups in total. The smallest absolute Gasteiger partial charge is 0.243 e. The third kappa shape index (κ3) is 7.17. The number of anilines is 2. The second kappa shape index (κ2) is 11.5. The van der Waals surface area contributed by atoms with Crippen molar-refractivity contribution < 1.29 is 14.3 Å². The molecular formula is C25H28N2O3. The Labute approximate surface area is 178 Å². The maximum Gasteiger partial charge on any atom is 0.243 e. The lowest BCUT2D eigenvalue weighted by molar-refractivity contribution is -0.114. The summed E-state index contributed by atoms with van der Waals surface area (Å²) in [7, 11) is 0. The van der Waals surface area contributed by atoms with E-state index >= 15 is 0 Å². The Morgan fingerprint density at radius 2 is 1.57 bits per heavy atom. The lowest BCUT2D eigenvalue weighted by Gasteiger charge is -2.11. The van der Waals surface area contributed by atoms with E-state index in [4.69, 9.17) is 9.47 Å². The molecule has 0 radical (unpaired) electrons. The van der Waals surface area contributed by atoms with E-state index in [-0.39, 0.29) is 12.5 Å². The van der Waals surface area contributed by atoms with Gasteiger partial charge in [0, 0.05) is 23.9 Å². The van der Waals surface area contributed by atoms with Gasteiger partial charge in [0.05, 0.1) is 19.8 Å². The fourth-order valence-corrected chi connectivity index (χ4v) is 2.87. The Kier molecular flexibility index (Phi) is 8.15. The minimum atomic E-state index is -0.122. The van der Waals surface area contributed by atoms with Gasteiger partial charge in [0.2, 0.25) is 5.91 Å². The number of amides is 1. The first-order valence-electron chi connectivity index (χ1n) is 10.3. The monoisotopic (exact) mass is 404 g/mol. The van der Waals surface area contributed by atoms with E-state index < -0.39 is 0 Å². The molecule has 0 saturated carbocycles. The molecule has 3 rings (SSSR count). The summed E-state index contributed by atoms with van der Waals surface area (Å²) in [6.45, 7) is 3.53. The first kappa shape index (κ1) is 21.2. The average Bonchev–Trinajstić information content (AvgIpc) is 2.78. The number of carbonyl (C=O) groups is 1. The first-order chi connectivity index (χ1) is 14.7. The molecule has 0 aliphatic carbocycles. The molecule has 5 heteroatoms. The molecule has 1 amide bonds. The van der Waals surface area contributed by atoms with Gasteiger partial charge in [-0.2, -0.15) is 0 Å². The van der Waals surface area contributed by atoms with E-state index in [0.717, 1.165) is 30.0 Å². The Morgan fingerprint density at radius 3 is 2.33 bits per heavy atom. The maximum atomic E-state index is 12.3. The molecule has 0 bridgehead atoms. The molecule has 0 aromatic heterocycles. The van der Waals surface area contributed by atoms with E-state index in [0.29, 0.717) is 18.9 Å². The van der Waals surface area contributed by atoms with E-state index in [1.165, 1.54) is 5.56 Å². The summed E-state index contributed by atoms with van der Waals surface area (Å²) in [6, 6.07) is 25.3. The van der Waals surface area contributed by atoms with Crippen LogP contribution in [0.15, 0.2) is 78.9 Å². The van der Waals surface area contributed by atoms with Gasteiger partial charge in [0.1, 0.15) is 11.5 Å². The molecule has 3 aromatic carbocycles. The highest BCUT2D eigenvalue weighted by Crippen LogP contribution is 2.18. The SMILES string of the molecule is CCCOc1ccc(NCC(=O)Nc2cccc(OCCc3ccccc3)c2)cc1. The van der Waals surface area contributed by atoms with Crippen LogP contribution in [0.3, 0.4) is 0 Å². The van der Waals surface area contributed by atoms with Crippen LogP contribution in [0.2, 0.25) is 0 Å². The van der Waals surface area contributed by atoms with Gasteiger partial charge in [0.15, 0.2) is 0 Å². The number of ether oxygens (including phenoxy) is 2. The highest BCUT2D eigenvalue weighted by molar-refractivity contribution is 5.93. The highest BCUT2D eigenvalue weighted by Gasteiger charge is 2.04. The zero-order valence-corrected chi connectivity index (χ0v) is 17.3. The van der Waals surface area contributed by atoms with Gasteiger partial charge in [-0.1, -0.05) is 43.3 Å². The number of nitrogens with one attached hydrogen (secondary N) is 2. The molecule has 156 valence electrons. The quantitative estimate of drug-likeness (QED) is 0.464. The average molecular weight is 405 g/mol. The molecule has 0 aliphatic heterocycles. The van der Waals surface area contributed by atoms with Gasteiger partial charge in [-0.25, -0.2) is 0 Å². The molecule has 5 nitrogen and oxygen atoms in total. The van der Waals surface area contributed by atoms with Crippen molar-refractivity contribution in [3.63, 3.8) is 0 Å². The summed E-state index contributed by atoms with van der Waals surface area (Å²) >= 11 is 0. The molecule has 0 heterocycles. The molecule has 0 unspecified atom stereocenters. The van der Waals surface area contributed by atoms with Crippen LogP contribution in [0.25, 0.3) is 0 Å². The van der Waals surface area contributed by atoms with E-state index in [2.05, 4.69) is 29.7 Å². The van der Waals surface area contributed by atoms with Gasteiger partial charge in [-0.3, -0.25) is 4.79 Å². The number of rotatable bonds is 11. The van der Waals surface area contributed by atoms with Crippen LogP contribution in [0, 0.1) is 0 Å². The van der Waals surface area contributed by atoms with Crippen molar-refractivity contribution in [2.24, 2.45) is 0 Å². The summed E-state index contributed by atoms with van der Waals surface area (Å²) in [5, 5.41) is 6.01. The van der Waals surface area contributed by atoms with Gasteiger partial charge >= 0.3 is 0 Å². The summed E-state index contributed by atoms with van der Waals surface area (Å²) < 4.78 is 11.4. The molecule has 0 fully saturated rings. The molecule has 30 heavy (non-hydrogen) atoms. The van der Waals surface area contributed by atoms with Crippen LogP contribution >= 0.6 is 0 Å².